The Hall–Kier alpha value is -2.35. The number of non-ortho nitro benzene ring substituents is 1. The second kappa shape index (κ2) is 5.11. The number of nitro benzene ring substituents is 1. The van der Waals surface area contributed by atoms with Crippen molar-refractivity contribution in [3.63, 3.8) is 0 Å². The van der Waals surface area contributed by atoms with E-state index in [1.807, 2.05) is 0 Å². The van der Waals surface area contributed by atoms with Gasteiger partial charge >= 0.3 is 0 Å². The second-order valence-electron chi connectivity index (χ2n) is 4.38. The number of carbonyl (C=O) groups excluding carboxylic acids is 1. The zero-order valence-corrected chi connectivity index (χ0v) is 10.5. The molecule has 1 aliphatic rings. The highest BCUT2D eigenvalue weighted by Gasteiger charge is 2.23. The standard InChI is InChI=1S/C11H15N5O3/c1-14-2-3-15(7-11(14)17)9-4-8(13-12)5-10(6-9)16(18)19/h4-6,13H,2-3,7,12H2,1H3. The van der Waals surface area contributed by atoms with Crippen LogP contribution >= 0.6 is 0 Å². The third-order valence-corrected chi connectivity index (χ3v) is 3.10. The van der Waals surface area contributed by atoms with Gasteiger partial charge in [-0.15, -0.1) is 0 Å². The highest BCUT2D eigenvalue weighted by molar-refractivity contribution is 5.83. The van der Waals surface area contributed by atoms with Gasteiger partial charge in [0.2, 0.25) is 5.91 Å². The molecule has 1 aliphatic heterocycles. The summed E-state index contributed by atoms with van der Waals surface area (Å²) in [6.07, 6.45) is 0. The van der Waals surface area contributed by atoms with Crippen molar-refractivity contribution in [1.29, 1.82) is 0 Å². The van der Waals surface area contributed by atoms with Gasteiger partial charge in [-0.05, 0) is 6.07 Å². The second-order valence-corrected chi connectivity index (χ2v) is 4.38. The van der Waals surface area contributed by atoms with Crippen LogP contribution in [0.2, 0.25) is 0 Å². The maximum Gasteiger partial charge on any atom is 0.273 e. The van der Waals surface area contributed by atoms with Crippen LogP contribution in [-0.2, 0) is 4.79 Å². The van der Waals surface area contributed by atoms with Gasteiger partial charge in [-0.1, -0.05) is 0 Å². The summed E-state index contributed by atoms with van der Waals surface area (Å²) < 4.78 is 0. The number of anilines is 2. The predicted octanol–water partition coefficient (Wildman–Crippen LogP) is 0.159. The highest BCUT2D eigenvalue weighted by atomic mass is 16.6. The van der Waals surface area contributed by atoms with Gasteiger partial charge in [0.05, 0.1) is 17.2 Å². The molecule has 0 saturated carbocycles. The van der Waals surface area contributed by atoms with Crippen molar-refractivity contribution >= 4 is 23.0 Å². The lowest BCUT2D eigenvalue weighted by Crippen LogP contribution is -2.48. The molecule has 3 N–H and O–H groups in total. The number of nitrogens with zero attached hydrogens (tertiary/aromatic N) is 3. The molecule has 0 aliphatic carbocycles. The van der Waals surface area contributed by atoms with E-state index in [9.17, 15) is 14.9 Å². The number of nitro groups is 1. The summed E-state index contributed by atoms with van der Waals surface area (Å²) in [7, 11) is 1.74. The Labute approximate surface area is 109 Å². The first kappa shape index (κ1) is 13.1. The third-order valence-electron chi connectivity index (χ3n) is 3.10. The number of nitrogens with two attached hydrogens (primary N) is 1. The number of nitrogen functional groups attached to an aromatic ring is 1. The predicted molar refractivity (Wildman–Crippen MR) is 70.8 cm³/mol. The number of hydrogen-bond donors (Lipinski definition) is 2. The molecule has 8 heteroatoms. The maximum absolute atomic E-state index is 11.7. The average Bonchev–Trinajstić information content (AvgIpc) is 2.41. The fourth-order valence-electron chi connectivity index (χ4n) is 1.95. The van der Waals surface area contributed by atoms with E-state index in [0.717, 1.165) is 0 Å². The lowest BCUT2D eigenvalue weighted by molar-refractivity contribution is -0.384. The molecule has 1 aromatic carbocycles. The average molecular weight is 265 g/mol. The van der Waals surface area contributed by atoms with Crippen LogP contribution in [-0.4, -0.2) is 42.4 Å². The molecule has 0 bridgehead atoms. The molecule has 1 amide bonds. The van der Waals surface area contributed by atoms with Gasteiger partial charge in [0, 0.05) is 38.0 Å². The van der Waals surface area contributed by atoms with Gasteiger partial charge < -0.3 is 15.2 Å². The van der Waals surface area contributed by atoms with E-state index < -0.39 is 4.92 Å². The summed E-state index contributed by atoms with van der Waals surface area (Å²) in [5.74, 6) is 5.29. The largest absolute Gasteiger partial charge is 0.360 e. The lowest BCUT2D eigenvalue weighted by Gasteiger charge is -2.33. The molecule has 2 rings (SSSR count). The van der Waals surface area contributed by atoms with Gasteiger partial charge in [0.15, 0.2) is 0 Å². The van der Waals surface area contributed by atoms with Crippen molar-refractivity contribution in [1.82, 2.24) is 4.90 Å². The van der Waals surface area contributed by atoms with E-state index in [4.69, 9.17) is 5.84 Å². The molecule has 1 aromatic rings. The smallest absolute Gasteiger partial charge is 0.273 e. The van der Waals surface area contributed by atoms with E-state index >= 15 is 0 Å². The van der Waals surface area contributed by atoms with Crippen molar-refractivity contribution in [2.24, 2.45) is 5.84 Å². The topological polar surface area (TPSA) is 105 Å². The van der Waals surface area contributed by atoms with Crippen molar-refractivity contribution < 1.29 is 9.72 Å². The molecule has 19 heavy (non-hydrogen) atoms. The number of piperazine rings is 1. The first-order chi connectivity index (χ1) is 9.01. The van der Waals surface area contributed by atoms with E-state index in [2.05, 4.69) is 5.43 Å². The third kappa shape index (κ3) is 2.74. The fraction of sp³-hybridized carbons (Fsp3) is 0.364. The quantitative estimate of drug-likeness (QED) is 0.458. The lowest BCUT2D eigenvalue weighted by atomic mass is 10.2. The molecule has 0 spiro atoms. The molecule has 1 saturated heterocycles. The van der Waals surface area contributed by atoms with E-state index in [-0.39, 0.29) is 18.1 Å². The zero-order valence-electron chi connectivity index (χ0n) is 10.5. The number of benzene rings is 1. The van der Waals surface area contributed by atoms with Gasteiger partial charge in [0.1, 0.15) is 0 Å². The van der Waals surface area contributed by atoms with E-state index in [1.165, 1.54) is 12.1 Å². The number of likely N-dealkylation sites (N-methyl/N-ethyl adjacent to an activating group) is 1. The Kier molecular flexibility index (Phi) is 3.52. The first-order valence-corrected chi connectivity index (χ1v) is 5.76. The highest BCUT2D eigenvalue weighted by Crippen LogP contribution is 2.27. The first-order valence-electron chi connectivity index (χ1n) is 5.76. The molecular formula is C11H15N5O3. The monoisotopic (exact) mass is 265 g/mol. The molecule has 0 aromatic heterocycles. The maximum atomic E-state index is 11.7. The van der Waals surface area contributed by atoms with Gasteiger partial charge in [-0.25, -0.2) is 0 Å². The molecule has 0 radical (unpaired) electrons. The normalized spacial score (nSPS) is 15.6. The van der Waals surface area contributed by atoms with Crippen LogP contribution in [0.5, 0.6) is 0 Å². The number of hydrogen-bond acceptors (Lipinski definition) is 6. The van der Waals surface area contributed by atoms with E-state index in [0.29, 0.717) is 24.5 Å². The van der Waals surface area contributed by atoms with Gasteiger partial charge in [-0.2, -0.15) is 0 Å². The summed E-state index contributed by atoms with van der Waals surface area (Å²) in [4.78, 5) is 25.5. The molecule has 0 atom stereocenters. The van der Waals surface area contributed by atoms with Crippen LogP contribution in [0, 0.1) is 10.1 Å². The van der Waals surface area contributed by atoms with Crippen molar-refractivity contribution in [2.75, 3.05) is 37.0 Å². The number of carbonyl (C=O) groups is 1. The van der Waals surface area contributed by atoms with Crippen molar-refractivity contribution in [3.8, 4) is 0 Å². The van der Waals surface area contributed by atoms with Crippen LogP contribution in [0.3, 0.4) is 0 Å². The van der Waals surface area contributed by atoms with Crippen LogP contribution in [0.25, 0.3) is 0 Å². The number of nitrogens with one attached hydrogen (secondary N) is 1. The van der Waals surface area contributed by atoms with Crippen molar-refractivity contribution in [3.05, 3.63) is 28.3 Å². The zero-order chi connectivity index (χ0) is 14.0. The summed E-state index contributed by atoms with van der Waals surface area (Å²) in [6.45, 7) is 1.43. The Bertz CT molecular complexity index is 519. The molecule has 0 unspecified atom stereocenters. The minimum atomic E-state index is -0.484. The SMILES string of the molecule is CN1CCN(c2cc(NN)cc([N+](=O)[O-])c2)CC1=O. The Morgan fingerprint density at radius 3 is 2.68 bits per heavy atom. The van der Waals surface area contributed by atoms with Crippen LogP contribution in [0.15, 0.2) is 18.2 Å². The van der Waals surface area contributed by atoms with Crippen LogP contribution in [0.1, 0.15) is 0 Å². The summed E-state index contributed by atoms with van der Waals surface area (Å²) >= 11 is 0. The molecule has 102 valence electrons. The van der Waals surface area contributed by atoms with Crippen LogP contribution < -0.4 is 16.2 Å². The molecule has 8 nitrogen and oxygen atoms in total. The number of rotatable bonds is 3. The van der Waals surface area contributed by atoms with E-state index in [1.54, 1.807) is 22.9 Å². The van der Waals surface area contributed by atoms with Crippen molar-refractivity contribution in [2.45, 2.75) is 0 Å². The summed E-state index contributed by atoms with van der Waals surface area (Å²) in [5.41, 5.74) is 3.39. The number of amides is 1. The minimum Gasteiger partial charge on any atom is -0.360 e. The Morgan fingerprint density at radius 1 is 1.37 bits per heavy atom. The van der Waals surface area contributed by atoms with Gasteiger partial charge in [0.25, 0.3) is 5.69 Å². The fourth-order valence-corrected chi connectivity index (χ4v) is 1.95. The molecule has 1 fully saturated rings. The van der Waals surface area contributed by atoms with Gasteiger partial charge in [-0.3, -0.25) is 20.8 Å². The summed E-state index contributed by atoms with van der Waals surface area (Å²) in [5, 5.41) is 10.9. The van der Waals surface area contributed by atoms with Crippen LogP contribution in [0.4, 0.5) is 17.1 Å². The molecular weight excluding hydrogens is 250 g/mol. The Balaban J connectivity index is 2.31. The summed E-state index contributed by atoms with van der Waals surface area (Å²) in [6, 6.07) is 4.48. The Morgan fingerprint density at radius 2 is 2.11 bits per heavy atom. The minimum absolute atomic E-state index is 0.0139. The number of hydrazine groups is 1. The molecule has 1 heterocycles.